The van der Waals surface area contributed by atoms with Gasteiger partial charge < -0.3 is 20.3 Å². The van der Waals surface area contributed by atoms with E-state index in [1.807, 2.05) is 12.1 Å². The zero-order valence-electron chi connectivity index (χ0n) is 23.6. The quantitative estimate of drug-likeness (QED) is 0.205. The first kappa shape index (κ1) is 28.4. The van der Waals surface area contributed by atoms with Crippen LogP contribution in [0.3, 0.4) is 0 Å². The molecule has 3 rings (SSSR count). The number of hydrogen-bond acceptors (Lipinski definition) is 4. The fourth-order valence-electron chi connectivity index (χ4n) is 5.03. The van der Waals surface area contributed by atoms with Crippen molar-refractivity contribution in [1.82, 2.24) is 0 Å². The number of nitrogens with one attached hydrogen (secondary N) is 2. The Kier molecular flexibility index (Phi) is 11.7. The lowest BCUT2D eigenvalue weighted by atomic mass is 10.1. The summed E-state index contributed by atoms with van der Waals surface area (Å²) in [6.45, 7) is 9.03. The van der Waals surface area contributed by atoms with E-state index in [4.69, 9.17) is 4.74 Å². The predicted octanol–water partition coefficient (Wildman–Crippen LogP) is 9.93. The third-order valence-electron chi connectivity index (χ3n) is 6.87. The maximum atomic E-state index is 5.41. The van der Waals surface area contributed by atoms with Crippen LogP contribution in [-0.4, -0.2) is 19.2 Å². The molecule has 4 nitrogen and oxygen atoms in total. The van der Waals surface area contributed by atoms with Gasteiger partial charge >= 0.3 is 0 Å². The van der Waals surface area contributed by atoms with Crippen LogP contribution in [0.5, 0.6) is 5.75 Å². The highest BCUT2D eigenvalue weighted by Gasteiger charge is 2.14. The summed E-state index contributed by atoms with van der Waals surface area (Å²) < 4.78 is 5.41. The first-order chi connectivity index (χ1) is 18.1. The van der Waals surface area contributed by atoms with E-state index in [0.29, 0.717) is 12.1 Å². The zero-order chi connectivity index (χ0) is 26.5. The number of rotatable bonds is 16. The number of nitrogens with zero attached hydrogens (tertiary/aromatic N) is 1. The van der Waals surface area contributed by atoms with Crippen molar-refractivity contribution in [1.29, 1.82) is 0 Å². The number of methoxy groups -OCH3 is 1. The summed E-state index contributed by atoms with van der Waals surface area (Å²) in [5, 5.41) is 7.49. The molecule has 3 aromatic carbocycles. The maximum absolute atomic E-state index is 5.41. The molecule has 0 unspecified atom stereocenters. The van der Waals surface area contributed by atoms with Gasteiger partial charge in [-0.3, -0.25) is 0 Å². The number of anilines is 5. The van der Waals surface area contributed by atoms with Crippen molar-refractivity contribution < 1.29 is 4.74 Å². The molecular weight excluding hydrogens is 454 g/mol. The Morgan fingerprint density at radius 3 is 1.16 bits per heavy atom. The lowest BCUT2D eigenvalue weighted by Gasteiger charge is -2.27. The lowest BCUT2D eigenvalue weighted by Crippen LogP contribution is -2.19. The van der Waals surface area contributed by atoms with Crippen LogP contribution in [0.15, 0.2) is 72.8 Å². The minimum Gasteiger partial charge on any atom is -0.497 e. The molecule has 0 saturated heterocycles. The summed E-state index contributed by atoms with van der Waals surface area (Å²) in [6, 6.07) is 27.0. The molecule has 0 bridgehead atoms. The summed E-state index contributed by atoms with van der Waals surface area (Å²) in [4.78, 5) is 2.30. The van der Waals surface area contributed by atoms with Crippen molar-refractivity contribution in [3.63, 3.8) is 0 Å². The van der Waals surface area contributed by atoms with E-state index in [0.717, 1.165) is 22.8 Å². The van der Waals surface area contributed by atoms with Gasteiger partial charge in [-0.1, -0.05) is 53.4 Å². The van der Waals surface area contributed by atoms with Gasteiger partial charge in [0.2, 0.25) is 0 Å². The van der Waals surface area contributed by atoms with Crippen LogP contribution in [0.2, 0.25) is 0 Å². The van der Waals surface area contributed by atoms with E-state index in [-0.39, 0.29) is 0 Å². The second-order valence-corrected chi connectivity index (χ2v) is 9.96. The molecule has 0 aliphatic rings. The van der Waals surface area contributed by atoms with Crippen LogP contribution in [0.25, 0.3) is 0 Å². The minimum absolute atomic E-state index is 0.530. The van der Waals surface area contributed by atoms with Crippen LogP contribution in [0, 0.1) is 0 Å². The highest BCUT2D eigenvalue weighted by molar-refractivity contribution is 5.78. The highest BCUT2D eigenvalue weighted by atomic mass is 16.5. The van der Waals surface area contributed by atoms with Gasteiger partial charge in [0.25, 0.3) is 0 Å². The average Bonchev–Trinajstić information content (AvgIpc) is 2.92. The van der Waals surface area contributed by atoms with Crippen LogP contribution < -0.4 is 20.3 Å². The van der Waals surface area contributed by atoms with Gasteiger partial charge in [-0.25, -0.2) is 0 Å². The molecule has 200 valence electrons. The Morgan fingerprint density at radius 2 is 0.865 bits per heavy atom. The van der Waals surface area contributed by atoms with Crippen molar-refractivity contribution >= 4 is 28.4 Å². The van der Waals surface area contributed by atoms with Crippen LogP contribution in [0.4, 0.5) is 28.4 Å². The van der Waals surface area contributed by atoms with E-state index < -0.39 is 0 Å². The Balaban J connectivity index is 1.87. The summed E-state index contributed by atoms with van der Waals surface area (Å²) in [6.07, 6.45) is 9.59. The second-order valence-electron chi connectivity index (χ2n) is 9.96. The minimum atomic E-state index is 0.530. The molecule has 0 saturated carbocycles. The largest absolute Gasteiger partial charge is 0.497 e. The van der Waals surface area contributed by atoms with E-state index >= 15 is 0 Å². The molecule has 0 aromatic heterocycles. The molecule has 0 heterocycles. The van der Waals surface area contributed by atoms with Crippen LogP contribution >= 0.6 is 0 Å². The van der Waals surface area contributed by atoms with Crippen molar-refractivity contribution in [2.75, 3.05) is 22.6 Å². The predicted molar refractivity (Wildman–Crippen MR) is 162 cm³/mol. The number of hydrogen-bond donors (Lipinski definition) is 2. The summed E-state index contributed by atoms with van der Waals surface area (Å²) in [5.41, 5.74) is 5.74. The molecule has 0 spiro atoms. The maximum Gasteiger partial charge on any atom is 0.119 e. The SMILES string of the molecule is CCCC(CCC)Nc1ccc(N(c2ccc(NC(CCC)CCC)cc2)c2ccc(OC)cc2)cc1. The van der Waals surface area contributed by atoms with E-state index in [1.54, 1.807) is 7.11 Å². The third-order valence-corrected chi connectivity index (χ3v) is 6.87. The van der Waals surface area contributed by atoms with Gasteiger partial charge in [0.1, 0.15) is 5.75 Å². The van der Waals surface area contributed by atoms with Gasteiger partial charge in [-0.2, -0.15) is 0 Å². The summed E-state index contributed by atoms with van der Waals surface area (Å²) in [5.74, 6) is 0.860. The van der Waals surface area contributed by atoms with Gasteiger partial charge in [0, 0.05) is 40.5 Å². The Labute approximate surface area is 225 Å². The van der Waals surface area contributed by atoms with Gasteiger partial charge in [-0.05, 0) is 98.5 Å². The molecule has 0 aliphatic carbocycles. The Morgan fingerprint density at radius 1 is 0.541 bits per heavy atom. The molecule has 0 fully saturated rings. The van der Waals surface area contributed by atoms with Gasteiger partial charge in [0.05, 0.1) is 7.11 Å². The van der Waals surface area contributed by atoms with Crippen LogP contribution in [-0.2, 0) is 0 Å². The van der Waals surface area contributed by atoms with Gasteiger partial charge in [-0.15, -0.1) is 0 Å². The molecular formula is C33H47N3O. The first-order valence-electron chi connectivity index (χ1n) is 14.3. The van der Waals surface area contributed by atoms with E-state index in [9.17, 15) is 0 Å². The van der Waals surface area contributed by atoms with E-state index in [1.165, 1.54) is 62.7 Å². The first-order valence-corrected chi connectivity index (χ1v) is 14.3. The number of benzene rings is 3. The molecule has 0 aliphatic heterocycles. The molecule has 37 heavy (non-hydrogen) atoms. The second kappa shape index (κ2) is 15.2. The molecule has 0 atom stereocenters. The smallest absolute Gasteiger partial charge is 0.119 e. The van der Waals surface area contributed by atoms with E-state index in [2.05, 4.69) is 104 Å². The molecule has 0 radical (unpaired) electrons. The number of ether oxygens (including phenoxy) is 1. The Bertz CT molecular complexity index is 941. The van der Waals surface area contributed by atoms with Crippen molar-refractivity contribution in [2.45, 2.75) is 91.1 Å². The van der Waals surface area contributed by atoms with Crippen LogP contribution in [0.1, 0.15) is 79.1 Å². The van der Waals surface area contributed by atoms with Crippen molar-refractivity contribution in [3.05, 3.63) is 72.8 Å². The summed E-state index contributed by atoms with van der Waals surface area (Å²) in [7, 11) is 1.71. The summed E-state index contributed by atoms with van der Waals surface area (Å²) >= 11 is 0. The Hall–Kier alpha value is -3.14. The molecule has 2 N–H and O–H groups in total. The van der Waals surface area contributed by atoms with Gasteiger partial charge in [0.15, 0.2) is 0 Å². The standard InChI is InChI=1S/C33H47N3O/c1-6-10-26(11-7-2)34-28-14-18-30(19-15-28)36(32-22-24-33(37-5)25-23-32)31-20-16-29(17-21-31)35-27(12-8-3)13-9-4/h14-27,34-35H,6-13H2,1-5H3. The molecule has 4 heteroatoms. The van der Waals surface area contributed by atoms with Crippen molar-refractivity contribution in [3.8, 4) is 5.75 Å². The third kappa shape index (κ3) is 8.45. The molecule has 3 aromatic rings. The fraction of sp³-hybridized carbons (Fsp3) is 0.455. The normalized spacial score (nSPS) is 11.1. The fourth-order valence-corrected chi connectivity index (χ4v) is 5.03. The van der Waals surface area contributed by atoms with Crippen molar-refractivity contribution in [2.24, 2.45) is 0 Å². The average molecular weight is 502 g/mol. The monoisotopic (exact) mass is 501 g/mol. The highest BCUT2D eigenvalue weighted by Crippen LogP contribution is 2.36. The zero-order valence-corrected chi connectivity index (χ0v) is 23.6. The lowest BCUT2D eigenvalue weighted by molar-refractivity contribution is 0.415. The molecule has 0 amide bonds. The topological polar surface area (TPSA) is 36.5 Å².